The molecule has 0 aromatic heterocycles. The predicted octanol–water partition coefficient (Wildman–Crippen LogP) is 4.16. The van der Waals surface area contributed by atoms with Crippen LogP contribution in [0.25, 0.3) is 0 Å². The summed E-state index contributed by atoms with van der Waals surface area (Å²) in [4.78, 5) is 0. The molecule has 0 amide bonds. The number of hydrogen-bond donors (Lipinski definition) is 0. The minimum absolute atomic E-state index is 0.0273. The minimum atomic E-state index is -0.231. The normalized spacial score (nSPS) is 39.6. The van der Waals surface area contributed by atoms with Crippen molar-refractivity contribution in [2.45, 2.75) is 62.9 Å². The van der Waals surface area contributed by atoms with Gasteiger partial charge in [0, 0.05) is 0 Å². The summed E-state index contributed by atoms with van der Waals surface area (Å²) >= 11 is 6.73. The first-order chi connectivity index (χ1) is 9.48. The summed E-state index contributed by atoms with van der Waals surface area (Å²) in [7, 11) is 0. The van der Waals surface area contributed by atoms with Crippen molar-refractivity contribution < 1.29 is 9.47 Å². The predicted molar refractivity (Wildman–Crippen MR) is 81.0 cm³/mol. The maximum atomic E-state index is 6.73. The molecule has 20 heavy (non-hydrogen) atoms. The third-order valence-electron chi connectivity index (χ3n) is 5.02. The SMILES string of the molecule is CC(C)C12CCC(C)(O1)C(OCc1ccccc1)C2Cl. The quantitative estimate of drug-likeness (QED) is 0.777. The van der Waals surface area contributed by atoms with Crippen LogP contribution in [0, 0.1) is 5.92 Å². The minimum Gasteiger partial charge on any atom is -0.369 e. The van der Waals surface area contributed by atoms with Gasteiger partial charge in [-0.1, -0.05) is 44.2 Å². The summed E-state index contributed by atoms with van der Waals surface area (Å²) in [6.45, 7) is 7.14. The Morgan fingerprint density at radius 2 is 2.00 bits per heavy atom. The Balaban J connectivity index is 1.74. The van der Waals surface area contributed by atoms with Gasteiger partial charge in [-0.2, -0.15) is 0 Å². The first-order valence-corrected chi connectivity index (χ1v) is 7.91. The van der Waals surface area contributed by atoms with Crippen molar-refractivity contribution in [3.63, 3.8) is 0 Å². The summed E-state index contributed by atoms with van der Waals surface area (Å²) in [5.74, 6) is 0.414. The number of alkyl halides is 1. The molecule has 0 N–H and O–H groups in total. The summed E-state index contributed by atoms with van der Waals surface area (Å²) < 4.78 is 12.5. The molecular weight excluding hydrogens is 272 g/mol. The van der Waals surface area contributed by atoms with Crippen molar-refractivity contribution in [1.29, 1.82) is 0 Å². The van der Waals surface area contributed by atoms with Crippen molar-refractivity contribution >= 4 is 11.6 Å². The zero-order chi connectivity index (χ0) is 14.4. The van der Waals surface area contributed by atoms with E-state index in [1.807, 2.05) is 18.2 Å². The van der Waals surface area contributed by atoms with Crippen LogP contribution in [-0.4, -0.2) is 22.7 Å². The maximum Gasteiger partial charge on any atom is 0.106 e. The Bertz CT molecular complexity index is 475. The van der Waals surface area contributed by atoms with Crippen molar-refractivity contribution in [3.05, 3.63) is 35.9 Å². The van der Waals surface area contributed by atoms with Crippen molar-refractivity contribution in [2.75, 3.05) is 0 Å². The molecule has 2 heterocycles. The van der Waals surface area contributed by atoms with E-state index >= 15 is 0 Å². The van der Waals surface area contributed by atoms with E-state index in [2.05, 4.69) is 32.9 Å². The van der Waals surface area contributed by atoms with Gasteiger partial charge in [-0.3, -0.25) is 0 Å². The van der Waals surface area contributed by atoms with Gasteiger partial charge in [-0.25, -0.2) is 0 Å². The number of rotatable bonds is 4. The molecule has 2 fully saturated rings. The van der Waals surface area contributed by atoms with Gasteiger partial charge in [0.1, 0.15) is 6.10 Å². The maximum absolute atomic E-state index is 6.73. The second kappa shape index (κ2) is 5.01. The highest BCUT2D eigenvalue weighted by Gasteiger charge is 2.66. The molecular formula is C17H23ClO2. The number of ether oxygens (including phenoxy) is 2. The third kappa shape index (κ3) is 2.09. The van der Waals surface area contributed by atoms with E-state index in [0.29, 0.717) is 12.5 Å². The molecule has 2 aliphatic rings. The monoisotopic (exact) mass is 294 g/mol. The van der Waals surface area contributed by atoms with E-state index in [0.717, 1.165) is 12.8 Å². The topological polar surface area (TPSA) is 18.5 Å². The Morgan fingerprint density at radius 3 is 2.60 bits per heavy atom. The second-order valence-electron chi connectivity index (χ2n) is 6.64. The Morgan fingerprint density at radius 1 is 1.30 bits per heavy atom. The number of fused-ring (bicyclic) bond motifs is 2. The van der Waals surface area contributed by atoms with Gasteiger partial charge in [0.05, 0.1) is 23.2 Å². The van der Waals surface area contributed by atoms with Gasteiger partial charge in [-0.15, -0.1) is 11.6 Å². The van der Waals surface area contributed by atoms with Crippen LogP contribution >= 0.6 is 11.6 Å². The number of benzene rings is 1. The lowest BCUT2D eigenvalue weighted by Crippen LogP contribution is -2.48. The van der Waals surface area contributed by atoms with E-state index < -0.39 is 0 Å². The van der Waals surface area contributed by atoms with E-state index in [4.69, 9.17) is 21.1 Å². The van der Waals surface area contributed by atoms with Crippen LogP contribution in [0.15, 0.2) is 30.3 Å². The van der Waals surface area contributed by atoms with E-state index in [-0.39, 0.29) is 22.7 Å². The molecule has 110 valence electrons. The highest BCUT2D eigenvalue weighted by molar-refractivity contribution is 6.22. The zero-order valence-corrected chi connectivity index (χ0v) is 13.2. The molecule has 2 nitrogen and oxygen atoms in total. The van der Waals surface area contributed by atoms with Crippen LogP contribution in [0.5, 0.6) is 0 Å². The van der Waals surface area contributed by atoms with Crippen LogP contribution in [0.4, 0.5) is 0 Å². The zero-order valence-electron chi connectivity index (χ0n) is 12.4. The summed E-state index contributed by atoms with van der Waals surface area (Å²) in [5, 5.41) is -0.0648. The molecule has 2 saturated heterocycles. The molecule has 3 rings (SSSR count). The molecule has 0 aliphatic carbocycles. The molecule has 1 aromatic carbocycles. The van der Waals surface area contributed by atoms with Gasteiger partial charge in [0.2, 0.25) is 0 Å². The van der Waals surface area contributed by atoms with Gasteiger partial charge in [0.15, 0.2) is 0 Å². The molecule has 0 saturated carbocycles. The molecule has 4 unspecified atom stereocenters. The Kier molecular flexibility index (Phi) is 3.60. The molecule has 1 aromatic rings. The molecule has 0 spiro atoms. The second-order valence-corrected chi connectivity index (χ2v) is 7.11. The molecule has 4 atom stereocenters. The van der Waals surface area contributed by atoms with Crippen LogP contribution < -0.4 is 0 Å². The van der Waals surface area contributed by atoms with Crippen molar-refractivity contribution in [3.8, 4) is 0 Å². The first-order valence-electron chi connectivity index (χ1n) is 7.48. The average molecular weight is 295 g/mol. The van der Waals surface area contributed by atoms with E-state index in [9.17, 15) is 0 Å². The molecule has 2 bridgehead atoms. The molecule has 2 aliphatic heterocycles. The van der Waals surface area contributed by atoms with Gasteiger partial charge < -0.3 is 9.47 Å². The van der Waals surface area contributed by atoms with Gasteiger partial charge in [-0.05, 0) is 31.2 Å². The lowest BCUT2D eigenvalue weighted by molar-refractivity contribution is -0.0959. The third-order valence-corrected chi connectivity index (χ3v) is 5.62. The smallest absolute Gasteiger partial charge is 0.106 e. The van der Waals surface area contributed by atoms with E-state index in [1.165, 1.54) is 5.56 Å². The highest BCUT2D eigenvalue weighted by atomic mass is 35.5. The van der Waals surface area contributed by atoms with Gasteiger partial charge >= 0.3 is 0 Å². The van der Waals surface area contributed by atoms with Crippen molar-refractivity contribution in [2.24, 2.45) is 5.92 Å². The summed E-state index contributed by atoms with van der Waals surface area (Å²) in [6, 6.07) is 10.2. The van der Waals surface area contributed by atoms with Crippen molar-refractivity contribution in [1.82, 2.24) is 0 Å². The summed E-state index contributed by atoms with van der Waals surface area (Å²) in [6.07, 6.45) is 2.05. The van der Waals surface area contributed by atoms with Crippen LogP contribution in [0.3, 0.4) is 0 Å². The van der Waals surface area contributed by atoms with Crippen LogP contribution in [0.1, 0.15) is 39.2 Å². The highest BCUT2D eigenvalue weighted by Crippen LogP contribution is 2.57. The van der Waals surface area contributed by atoms with E-state index in [1.54, 1.807) is 0 Å². The largest absolute Gasteiger partial charge is 0.369 e. The fraction of sp³-hybridized carbons (Fsp3) is 0.647. The molecule has 0 radical (unpaired) electrons. The lowest BCUT2D eigenvalue weighted by Gasteiger charge is -2.36. The number of halogens is 1. The first kappa shape index (κ1) is 14.4. The number of hydrogen-bond acceptors (Lipinski definition) is 2. The standard InChI is InChI=1S/C17H23ClO2/c1-12(2)17-10-9-16(3,20-17)15(14(17)18)19-11-13-7-5-4-6-8-13/h4-8,12,14-15H,9-11H2,1-3H3. The lowest BCUT2D eigenvalue weighted by atomic mass is 9.75. The van der Waals surface area contributed by atoms with Crippen LogP contribution in [-0.2, 0) is 16.1 Å². The fourth-order valence-electron chi connectivity index (χ4n) is 3.69. The van der Waals surface area contributed by atoms with Crippen LogP contribution in [0.2, 0.25) is 0 Å². The summed E-state index contributed by atoms with van der Waals surface area (Å²) in [5.41, 5.74) is 0.740. The Hall–Kier alpha value is -0.570. The average Bonchev–Trinajstić information content (AvgIpc) is 2.89. The Labute approximate surface area is 126 Å². The van der Waals surface area contributed by atoms with Gasteiger partial charge in [0.25, 0.3) is 0 Å². The fourth-order valence-corrected chi connectivity index (χ4v) is 4.43. The molecule has 3 heteroatoms.